The number of alkyl halides is 1. The van der Waals surface area contributed by atoms with Crippen molar-refractivity contribution < 1.29 is 4.79 Å². The number of rotatable bonds is 5. The summed E-state index contributed by atoms with van der Waals surface area (Å²) < 4.78 is 0. The van der Waals surface area contributed by atoms with Gasteiger partial charge in [-0.1, -0.05) is 25.1 Å². The molecule has 0 heterocycles. The maximum Gasteiger partial charge on any atom is 0.254 e. The van der Waals surface area contributed by atoms with Crippen LogP contribution in [0.2, 0.25) is 0 Å². The van der Waals surface area contributed by atoms with Gasteiger partial charge in [0.05, 0.1) is 0 Å². The standard InChI is InChI=1S/C14H20ClNO/c1-4-12-7-5-6-8-13(12)14(17)16(10-9-15)11(2)3/h5-8,11H,4,9-10H2,1-3H3. The number of amides is 1. The SMILES string of the molecule is CCc1ccccc1C(=O)N(CCCl)C(C)C. The lowest BCUT2D eigenvalue weighted by Gasteiger charge is -2.26. The summed E-state index contributed by atoms with van der Waals surface area (Å²) >= 11 is 5.75. The second kappa shape index (κ2) is 6.65. The largest absolute Gasteiger partial charge is 0.335 e. The molecule has 0 radical (unpaired) electrons. The van der Waals surface area contributed by atoms with Crippen LogP contribution in [0.1, 0.15) is 36.7 Å². The van der Waals surface area contributed by atoms with Crippen molar-refractivity contribution in [2.24, 2.45) is 0 Å². The number of carbonyl (C=O) groups excluding carboxylic acids is 1. The average Bonchev–Trinajstić information content (AvgIpc) is 2.34. The predicted molar refractivity (Wildman–Crippen MR) is 72.7 cm³/mol. The number of hydrogen-bond acceptors (Lipinski definition) is 1. The van der Waals surface area contributed by atoms with E-state index < -0.39 is 0 Å². The molecule has 0 unspecified atom stereocenters. The molecule has 1 aromatic rings. The van der Waals surface area contributed by atoms with Crippen molar-refractivity contribution in [1.29, 1.82) is 0 Å². The summed E-state index contributed by atoms with van der Waals surface area (Å²) in [5.74, 6) is 0.552. The molecule has 3 heteroatoms. The Balaban J connectivity index is 3.00. The van der Waals surface area contributed by atoms with Gasteiger partial charge >= 0.3 is 0 Å². The molecule has 0 saturated carbocycles. The molecule has 1 aromatic carbocycles. The zero-order chi connectivity index (χ0) is 12.8. The number of benzene rings is 1. The van der Waals surface area contributed by atoms with Gasteiger partial charge in [-0.25, -0.2) is 0 Å². The van der Waals surface area contributed by atoms with E-state index in [0.29, 0.717) is 12.4 Å². The molecule has 0 fully saturated rings. The Bertz CT molecular complexity index is 376. The Morgan fingerprint density at radius 2 is 2.00 bits per heavy atom. The van der Waals surface area contributed by atoms with Gasteiger partial charge in [-0.05, 0) is 31.9 Å². The number of aryl methyl sites for hydroxylation is 1. The molecule has 0 aromatic heterocycles. The molecule has 0 bridgehead atoms. The molecular formula is C14H20ClNO. The van der Waals surface area contributed by atoms with Gasteiger partial charge in [0.15, 0.2) is 0 Å². The first-order valence-electron chi connectivity index (χ1n) is 6.06. The molecule has 1 amide bonds. The number of carbonyl (C=O) groups is 1. The molecule has 0 spiro atoms. The quantitative estimate of drug-likeness (QED) is 0.737. The van der Waals surface area contributed by atoms with E-state index >= 15 is 0 Å². The zero-order valence-corrected chi connectivity index (χ0v) is 11.5. The van der Waals surface area contributed by atoms with E-state index in [9.17, 15) is 4.79 Å². The summed E-state index contributed by atoms with van der Waals surface area (Å²) in [5.41, 5.74) is 1.89. The fourth-order valence-electron chi connectivity index (χ4n) is 1.88. The van der Waals surface area contributed by atoms with Crippen LogP contribution in [0.4, 0.5) is 0 Å². The Morgan fingerprint density at radius 3 is 2.53 bits per heavy atom. The summed E-state index contributed by atoms with van der Waals surface area (Å²) in [6, 6.07) is 7.95. The predicted octanol–water partition coefficient (Wildman–Crippen LogP) is 3.34. The van der Waals surface area contributed by atoms with Crippen molar-refractivity contribution in [3.63, 3.8) is 0 Å². The monoisotopic (exact) mass is 253 g/mol. The molecule has 0 saturated heterocycles. The molecule has 0 atom stereocenters. The minimum absolute atomic E-state index is 0.0816. The first-order valence-corrected chi connectivity index (χ1v) is 6.60. The van der Waals surface area contributed by atoms with Crippen LogP contribution < -0.4 is 0 Å². The molecule has 0 aliphatic rings. The van der Waals surface area contributed by atoms with Crippen molar-refractivity contribution in [2.45, 2.75) is 33.2 Å². The highest BCUT2D eigenvalue weighted by atomic mass is 35.5. The fourth-order valence-corrected chi connectivity index (χ4v) is 2.06. The second-order valence-corrected chi connectivity index (χ2v) is 4.67. The van der Waals surface area contributed by atoms with E-state index in [-0.39, 0.29) is 11.9 Å². The van der Waals surface area contributed by atoms with Gasteiger partial charge in [0.25, 0.3) is 5.91 Å². The maximum absolute atomic E-state index is 12.4. The Hall–Kier alpha value is -1.02. The van der Waals surface area contributed by atoms with Gasteiger partial charge in [-0.2, -0.15) is 0 Å². The average molecular weight is 254 g/mol. The van der Waals surface area contributed by atoms with Crippen molar-refractivity contribution in [2.75, 3.05) is 12.4 Å². The van der Waals surface area contributed by atoms with E-state index in [1.54, 1.807) is 0 Å². The number of nitrogens with zero attached hydrogens (tertiary/aromatic N) is 1. The molecule has 0 aliphatic heterocycles. The lowest BCUT2D eigenvalue weighted by Crippen LogP contribution is -2.38. The van der Waals surface area contributed by atoms with E-state index in [0.717, 1.165) is 17.5 Å². The highest BCUT2D eigenvalue weighted by molar-refractivity contribution is 6.18. The topological polar surface area (TPSA) is 20.3 Å². The Labute approximate surface area is 109 Å². The third-order valence-corrected chi connectivity index (χ3v) is 3.01. The van der Waals surface area contributed by atoms with Crippen molar-refractivity contribution in [1.82, 2.24) is 4.90 Å². The second-order valence-electron chi connectivity index (χ2n) is 4.29. The van der Waals surface area contributed by atoms with Crippen LogP contribution in [0.5, 0.6) is 0 Å². The minimum Gasteiger partial charge on any atom is -0.335 e. The Morgan fingerprint density at radius 1 is 1.35 bits per heavy atom. The molecule has 0 aliphatic carbocycles. The first kappa shape index (κ1) is 14.0. The summed E-state index contributed by atoms with van der Waals surface area (Å²) in [5, 5.41) is 0. The maximum atomic E-state index is 12.4. The molecule has 94 valence electrons. The fraction of sp³-hybridized carbons (Fsp3) is 0.500. The van der Waals surface area contributed by atoms with Crippen LogP contribution in [0.3, 0.4) is 0 Å². The summed E-state index contributed by atoms with van der Waals surface area (Å²) in [6.07, 6.45) is 0.870. The Kier molecular flexibility index (Phi) is 5.49. The zero-order valence-electron chi connectivity index (χ0n) is 10.7. The van der Waals surface area contributed by atoms with Gasteiger partial charge in [-0.3, -0.25) is 4.79 Å². The van der Waals surface area contributed by atoms with Crippen LogP contribution in [0, 0.1) is 0 Å². The van der Waals surface area contributed by atoms with Crippen LogP contribution in [-0.2, 0) is 6.42 Å². The first-order chi connectivity index (χ1) is 8.11. The summed E-state index contributed by atoms with van der Waals surface area (Å²) in [4.78, 5) is 14.2. The molecule has 0 N–H and O–H groups in total. The third-order valence-electron chi connectivity index (χ3n) is 2.84. The smallest absolute Gasteiger partial charge is 0.254 e. The van der Waals surface area contributed by atoms with E-state index in [4.69, 9.17) is 11.6 Å². The van der Waals surface area contributed by atoms with Crippen LogP contribution >= 0.6 is 11.6 Å². The molecule has 2 nitrogen and oxygen atoms in total. The van der Waals surface area contributed by atoms with Gasteiger partial charge in [0, 0.05) is 24.0 Å². The molecule has 1 rings (SSSR count). The van der Waals surface area contributed by atoms with Crippen LogP contribution in [0.15, 0.2) is 24.3 Å². The lowest BCUT2D eigenvalue weighted by atomic mass is 10.0. The normalized spacial score (nSPS) is 10.6. The molecular weight excluding hydrogens is 234 g/mol. The van der Waals surface area contributed by atoms with E-state index in [1.165, 1.54) is 0 Å². The highest BCUT2D eigenvalue weighted by Crippen LogP contribution is 2.14. The third kappa shape index (κ3) is 3.47. The lowest BCUT2D eigenvalue weighted by molar-refractivity contribution is 0.0717. The number of hydrogen-bond donors (Lipinski definition) is 0. The van der Waals surface area contributed by atoms with Gasteiger partial charge in [0.1, 0.15) is 0 Å². The van der Waals surface area contributed by atoms with Gasteiger partial charge in [0.2, 0.25) is 0 Å². The summed E-state index contributed by atoms with van der Waals surface area (Å²) in [7, 11) is 0. The minimum atomic E-state index is 0.0816. The highest BCUT2D eigenvalue weighted by Gasteiger charge is 2.19. The van der Waals surface area contributed by atoms with E-state index in [2.05, 4.69) is 6.92 Å². The summed E-state index contributed by atoms with van der Waals surface area (Å²) in [6.45, 7) is 6.68. The molecule has 17 heavy (non-hydrogen) atoms. The van der Waals surface area contributed by atoms with Gasteiger partial charge in [-0.15, -0.1) is 11.6 Å². The van der Waals surface area contributed by atoms with Crippen LogP contribution in [0.25, 0.3) is 0 Å². The van der Waals surface area contributed by atoms with E-state index in [1.807, 2.05) is 43.0 Å². The van der Waals surface area contributed by atoms with Crippen LogP contribution in [-0.4, -0.2) is 29.3 Å². The van der Waals surface area contributed by atoms with Gasteiger partial charge < -0.3 is 4.90 Å². The number of halogens is 1. The van der Waals surface area contributed by atoms with Crippen molar-refractivity contribution >= 4 is 17.5 Å². The van der Waals surface area contributed by atoms with Crippen molar-refractivity contribution in [3.05, 3.63) is 35.4 Å². The van der Waals surface area contributed by atoms with Crippen molar-refractivity contribution in [3.8, 4) is 0 Å².